The van der Waals surface area contributed by atoms with Gasteiger partial charge in [-0.15, -0.1) is 0 Å². The van der Waals surface area contributed by atoms with Gasteiger partial charge in [-0.25, -0.2) is 13.8 Å². The van der Waals surface area contributed by atoms with Gasteiger partial charge in [0, 0.05) is 44.4 Å². The first kappa shape index (κ1) is 26.4. The molecule has 1 fully saturated rings. The second-order valence-electron chi connectivity index (χ2n) is 9.40. The number of carbonyl (C=O) groups excluding carboxylic acids is 1. The van der Waals surface area contributed by atoms with Crippen molar-refractivity contribution in [2.24, 2.45) is 0 Å². The number of benzene rings is 3. The quantitative estimate of drug-likeness (QED) is 0.305. The smallest absolute Gasteiger partial charge is 0.219 e. The maximum atomic E-state index is 16.3. The van der Waals surface area contributed by atoms with Crippen LogP contribution in [-0.2, 0) is 4.79 Å². The van der Waals surface area contributed by atoms with Gasteiger partial charge in [0.15, 0.2) is 23.5 Å². The highest BCUT2D eigenvalue weighted by Gasteiger charge is 2.29. The van der Waals surface area contributed by atoms with E-state index in [2.05, 4.69) is 9.88 Å². The fourth-order valence-electron chi connectivity index (χ4n) is 4.88. The Bertz CT molecular complexity index is 1490. The number of piperazine rings is 1. The Morgan fingerprint density at radius 1 is 0.974 bits per heavy atom. The van der Waals surface area contributed by atoms with E-state index in [0.717, 1.165) is 5.69 Å². The van der Waals surface area contributed by atoms with Gasteiger partial charge in [0.05, 0.1) is 18.1 Å². The fraction of sp³-hybridized carbons (Fsp3) is 0.310. The molecule has 1 saturated heterocycles. The van der Waals surface area contributed by atoms with Crippen molar-refractivity contribution in [2.45, 2.75) is 26.2 Å². The van der Waals surface area contributed by atoms with E-state index in [1.54, 1.807) is 43.0 Å². The van der Waals surface area contributed by atoms with E-state index >= 15 is 8.78 Å². The van der Waals surface area contributed by atoms with Gasteiger partial charge in [-0.3, -0.25) is 9.36 Å². The van der Waals surface area contributed by atoms with Gasteiger partial charge in [0.1, 0.15) is 5.75 Å². The van der Waals surface area contributed by atoms with E-state index in [1.165, 1.54) is 23.8 Å². The number of fused-ring (bicyclic) bond motifs is 1. The summed E-state index contributed by atoms with van der Waals surface area (Å²) in [5.41, 5.74) is 1.21. The van der Waals surface area contributed by atoms with Gasteiger partial charge in [-0.1, -0.05) is 18.2 Å². The molecule has 0 N–H and O–H groups in total. The molecule has 7 nitrogen and oxygen atoms in total. The number of rotatable bonds is 7. The molecule has 0 spiro atoms. The number of carbonyl (C=O) groups is 1. The third-order valence-corrected chi connectivity index (χ3v) is 6.99. The van der Waals surface area contributed by atoms with Crippen molar-refractivity contribution >= 4 is 22.6 Å². The Balaban J connectivity index is 1.59. The third kappa shape index (κ3) is 5.10. The van der Waals surface area contributed by atoms with Crippen molar-refractivity contribution in [2.75, 3.05) is 38.2 Å². The lowest BCUT2D eigenvalue weighted by Crippen LogP contribution is -2.48. The second kappa shape index (κ2) is 10.9. The topological polar surface area (TPSA) is 59.8 Å². The van der Waals surface area contributed by atoms with Gasteiger partial charge in [-0.2, -0.15) is 4.39 Å². The first-order valence-electron chi connectivity index (χ1n) is 12.7. The molecule has 3 aromatic carbocycles. The average molecular weight is 539 g/mol. The summed E-state index contributed by atoms with van der Waals surface area (Å²) in [6.07, 6.45) is -2.82. The highest BCUT2D eigenvalue weighted by atomic mass is 19.2. The van der Waals surface area contributed by atoms with Crippen molar-refractivity contribution in [3.63, 3.8) is 0 Å². The number of imidazole rings is 1. The van der Waals surface area contributed by atoms with Crippen molar-refractivity contribution in [1.29, 1.82) is 0 Å². The van der Waals surface area contributed by atoms with E-state index < -0.39 is 29.6 Å². The van der Waals surface area contributed by atoms with Gasteiger partial charge in [-0.05, 0) is 49.4 Å². The number of anilines is 1. The van der Waals surface area contributed by atoms with Crippen LogP contribution in [-0.4, -0.2) is 53.6 Å². The molecule has 5 rings (SSSR count). The number of nitrogens with zero attached hydrogens (tertiary/aromatic N) is 4. The lowest BCUT2D eigenvalue weighted by atomic mass is 10.1. The zero-order valence-electron chi connectivity index (χ0n) is 21.9. The Morgan fingerprint density at radius 2 is 1.69 bits per heavy atom. The van der Waals surface area contributed by atoms with E-state index in [4.69, 9.17) is 9.47 Å². The van der Waals surface area contributed by atoms with E-state index in [-0.39, 0.29) is 17.5 Å². The number of amides is 1. The summed E-state index contributed by atoms with van der Waals surface area (Å²) in [6.45, 7) is 5.63. The predicted octanol–water partition coefficient (Wildman–Crippen LogP) is 5.65. The second-order valence-corrected chi connectivity index (χ2v) is 9.40. The van der Waals surface area contributed by atoms with E-state index in [1.807, 2.05) is 24.3 Å². The molecular weight excluding hydrogens is 509 g/mol. The molecule has 1 aliphatic heterocycles. The molecule has 10 heteroatoms. The minimum Gasteiger partial charge on any atom is -0.494 e. The number of alkyl halides is 1. The van der Waals surface area contributed by atoms with Crippen LogP contribution in [0, 0.1) is 11.6 Å². The molecule has 0 aliphatic carbocycles. The van der Waals surface area contributed by atoms with Gasteiger partial charge in [0.2, 0.25) is 18.0 Å². The molecule has 0 bridgehead atoms. The maximum Gasteiger partial charge on any atom is 0.219 e. The van der Waals surface area contributed by atoms with Crippen molar-refractivity contribution in [3.8, 4) is 11.5 Å². The third-order valence-electron chi connectivity index (χ3n) is 6.99. The molecule has 39 heavy (non-hydrogen) atoms. The number of aromatic nitrogens is 2. The van der Waals surface area contributed by atoms with Gasteiger partial charge >= 0.3 is 0 Å². The Hall–Kier alpha value is -4.21. The lowest BCUT2D eigenvalue weighted by Gasteiger charge is -2.35. The fourth-order valence-corrected chi connectivity index (χ4v) is 4.88. The van der Waals surface area contributed by atoms with Gasteiger partial charge < -0.3 is 19.3 Å². The van der Waals surface area contributed by atoms with Gasteiger partial charge in [0.25, 0.3) is 0 Å². The predicted molar refractivity (Wildman–Crippen MR) is 142 cm³/mol. The minimum atomic E-state index is -2.10. The number of ether oxygens (including phenoxy) is 2. The van der Waals surface area contributed by atoms with Crippen LogP contribution in [0.4, 0.5) is 18.9 Å². The number of methoxy groups -OCH3 is 1. The van der Waals surface area contributed by atoms with Crippen LogP contribution in [0.2, 0.25) is 0 Å². The van der Waals surface area contributed by atoms with Crippen LogP contribution in [0.15, 0.2) is 60.7 Å². The summed E-state index contributed by atoms with van der Waals surface area (Å²) >= 11 is 0. The van der Waals surface area contributed by atoms with Crippen LogP contribution >= 0.6 is 0 Å². The minimum absolute atomic E-state index is 0.0224. The van der Waals surface area contributed by atoms with Crippen molar-refractivity contribution < 1.29 is 27.4 Å². The molecule has 0 radical (unpaired) electrons. The van der Waals surface area contributed by atoms with Crippen LogP contribution < -0.4 is 14.4 Å². The molecule has 4 aromatic rings. The summed E-state index contributed by atoms with van der Waals surface area (Å²) in [6, 6.07) is 16.8. The molecule has 204 valence electrons. The summed E-state index contributed by atoms with van der Waals surface area (Å²) < 4.78 is 58.1. The number of halogens is 3. The number of hydrogen-bond acceptors (Lipinski definition) is 5. The zero-order valence-corrected chi connectivity index (χ0v) is 21.9. The first-order valence-corrected chi connectivity index (χ1v) is 12.7. The average Bonchev–Trinajstić information content (AvgIpc) is 3.34. The summed E-state index contributed by atoms with van der Waals surface area (Å²) in [4.78, 5) is 20.3. The first-order chi connectivity index (χ1) is 18.8. The van der Waals surface area contributed by atoms with Crippen LogP contribution in [0.25, 0.3) is 11.0 Å². The lowest BCUT2D eigenvalue weighted by molar-refractivity contribution is -0.129. The molecule has 2 unspecified atom stereocenters. The van der Waals surface area contributed by atoms with Crippen molar-refractivity contribution in [3.05, 3.63) is 83.7 Å². The Morgan fingerprint density at radius 3 is 2.36 bits per heavy atom. The molecule has 0 saturated carbocycles. The monoisotopic (exact) mass is 538 g/mol. The molecule has 2 atom stereocenters. The highest BCUT2D eigenvalue weighted by molar-refractivity contribution is 5.81. The maximum absolute atomic E-state index is 16.3. The standard InChI is InChI=1S/C29H29F3N4O3/c1-18(39-21-7-5-4-6-8-21)29-33-23-11-9-20(35-15-13-34(14-16-35)19(2)37)17-24(23)36(29)28(32)22-10-12-25(38-3)27(31)26(22)30/h4-12,17-18,28H,13-16H2,1-3H3. The van der Waals surface area contributed by atoms with Crippen molar-refractivity contribution in [1.82, 2.24) is 14.5 Å². The van der Waals surface area contributed by atoms with Crippen LogP contribution in [0.3, 0.4) is 0 Å². The molecule has 2 heterocycles. The normalized spacial score (nSPS) is 15.3. The highest BCUT2D eigenvalue weighted by Crippen LogP contribution is 2.36. The summed E-state index contributed by atoms with van der Waals surface area (Å²) in [5.74, 6) is -2.11. The molecule has 1 aromatic heterocycles. The Labute approximate surface area is 224 Å². The zero-order chi connectivity index (χ0) is 27.7. The largest absolute Gasteiger partial charge is 0.494 e. The van der Waals surface area contributed by atoms with E-state index in [0.29, 0.717) is 43.0 Å². The SMILES string of the molecule is COc1ccc(C(F)n2c(C(C)Oc3ccccc3)nc3ccc(N4CCN(C(C)=O)CC4)cc32)c(F)c1F. The molecule has 1 aliphatic rings. The number of hydrogen-bond donors (Lipinski definition) is 0. The molecule has 1 amide bonds. The Kier molecular flexibility index (Phi) is 7.36. The van der Waals surface area contributed by atoms with Crippen LogP contribution in [0.5, 0.6) is 11.5 Å². The summed E-state index contributed by atoms with van der Waals surface area (Å²) in [7, 11) is 1.21. The van der Waals surface area contributed by atoms with Crippen LogP contribution in [0.1, 0.15) is 37.6 Å². The van der Waals surface area contributed by atoms with E-state index in [9.17, 15) is 9.18 Å². The summed E-state index contributed by atoms with van der Waals surface area (Å²) in [5, 5.41) is 0. The number of para-hydroxylation sites is 1. The molecular formula is C29H29F3N4O3.